The second-order valence-corrected chi connectivity index (χ2v) is 9.60. The van der Waals surface area contributed by atoms with E-state index in [9.17, 15) is 0 Å². The van der Waals surface area contributed by atoms with Crippen LogP contribution in [0, 0.1) is 13.0 Å². The van der Waals surface area contributed by atoms with Crippen LogP contribution in [-0.2, 0) is 21.1 Å². The first-order valence-electron chi connectivity index (χ1n) is 12.9. The van der Waals surface area contributed by atoms with Crippen molar-refractivity contribution in [2.75, 3.05) is 0 Å². The molecule has 5 nitrogen and oxygen atoms in total. The molecule has 0 radical (unpaired) electrons. The minimum Gasteiger partial charge on any atom is -0.387 e. The smallest absolute Gasteiger partial charge is 0.387 e. The Morgan fingerprint density at radius 2 is 1.35 bits per heavy atom. The van der Waals surface area contributed by atoms with E-state index in [1.54, 1.807) is 6.20 Å². The maximum Gasteiger partial charge on any atom is 2.00 e. The molecule has 4 aromatic heterocycles. The molecule has 8 rings (SSSR count). The Morgan fingerprint density at radius 1 is 0.650 bits per heavy atom. The summed E-state index contributed by atoms with van der Waals surface area (Å²) in [7, 11) is 0. The molecule has 0 saturated carbocycles. The number of hydrogen-bond acceptors (Lipinski definition) is 2. The van der Waals surface area contributed by atoms with Gasteiger partial charge < -0.3 is 9.13 Å². The summed E-state index contributed by atoms with van der Waals surface area (Å²) in [5.74, 6) is 0.869. The summed E-state index contributed by atoms with van der Waals surface area (Å²) in [6.45, 7) is 4.68. The summed E-state index contributed by atoms with van der Waals surface area (Å²) in [6.07, 6.45) is 5.56. The molecule has 0 aliphatic carbocycles. The molecule has 0 N–H and O–H groups in total. The first-order valence-corrected chi connectivity index (χ1v) is 12.9. The van der Waals surface area contributed by atoms with E-state index < -0.39 is 0 Å². The van der Waals surface area contributed by atoms with Gasteiger partial charge in [-0.1, -0.05) is 82.6 Å². The predicted octanol–water partition coefficient (Wildman–Crippen LogP) is 6.93. The first-order chi connectivity index (χ1) is 19.3. The maximum atomic E-state index is 4.71. The fraction of sp³-hybridized carbons (Fsp3) is 0. The molecule has 0 atom stereocenters. The van der Waals surface area contributed by atoms with Crippen molar-refractivity contribution in [2.45, 2.75) is 0 Å². The van der Waals surface area contributed by atoms with Crippen LogP contribution in [0.3, 0.4) is 0 Å². The average Bonchev–Trinajstić information content (AvgIpc) is 3.52. The predicted molar refractivity (Wildman–Crippen MR) is 156 cm³/mol. The second-order valence-electron chi connectivity index (χ2n) is 9.60. The van der Waals surface area contributed by atoms with Gasteiger partial charge in [0, 0.05) is 23.3 Å². The topological polar surface area (TPSA) is 39.5 Å². The molecule has 0 unspecified atom stereocenters. The Hall–Kier alpha value is -4.73. The number of pyridine rings is 1. The van der Waals surface area contributed by atoms with Crippen molar-refractivity contribution in [3.8, 4) is 17.2 Å². The molecule has 0 bridgehead atoms. The Balaban J connectivity index is 0.00000264. The van der Waals surface area contributed by atoms with Crippen molar-refractivity contribution in [1.29, 1.82) is 0 Å². The Morgan fingerprint density at radius 3 is 2.10 bits per heavy atom. The van der Waals surface area contributed by atoms with Gasteiger partial charge in [0.05, 0.1) is 6.20 Å². The quantitative estimate of drug-likeness (QED) is 0.149. The summed E-state index contributed by atoms with van der Waals surface area (Å²) >= 11 is 0. The van der Waals surface area contributed by atoms with Crippen LogP contribution in [0.2, 0.25) is 0 Å². The zero-order valence-electron chi connectivity index (χ0n) is 21.3. The van der Waals surface area contributed by atoms with Crippen molar-refractivity contribution in [3.63, 3.8) is 0 Å². The molecule has 192 valence electrons. The van der Waals surface area contributed by atoms with E-state index in [1.807, 2.05) is 47.4 Å². The van der Waals surface area contributed by atoms with Crippen molar-refractivity contribution < 1.29 is 25.7 Å². The van der Waals surface area contributed by atoms with E-state index in [4.69, 9.17) is 4.98 Å². The summed E-state index contributed by atoms with van der Waals surface area (Å²) in [4.78, 5) is 4.71. The van der Waals surface area contributed by atoms with Crippen LogP contribution in [0.1, 0.15) is 5.56 Å². The van der Waals surface area contributed by atoms with Gasteiger partial charge in [-0.15, -0.1) is 10.9 Å². The van der Waals surface area contributed by atoms with Gasteiger partial charge in [-0.2, -0.15) is 13.0 Å². The van der Waals surface area contributed by atoms with Crippen molar-refractivity contribution in [2.24, 2.45) is 0 Å². The minimum atomic E-state index is 0. The van der Waals surface area contributed by atoms with E-state index in [1.165, 1.54) is 10.8 Å². The fourth-order valence-corrected chi connectivity index (χ4v) is 5.79. The molecule has 0 aliphatic heterocycles. The first kappa shape index (κ1) is 24.3. The molecular weight excluding hydrogens is 673 g/mol. The molecule has 0 spiro atoms. The third kappa shape index (κ3) is 3.52. The summed E-state index contributed by atoms with van der Waals surface area (Å²) < 4.78 is 6.35. The number of aromatic nitrogens is 5. The van der Waals surface area contributed by atoms with Gasteiger partial charge in [-0.3, -0.25) is 0 Å². The molecule has 0 amide bonds. The third-order valence-corrected chi connectivity index (χ3v) is 7.47. The molecule has 40 heavy (non-hydrogen) atoms. The van der Waals surface area contributed by atoms with Gasteiger partial charge in [0.15, 0.2) is 6.20 Å². The number of benzene rings is 4. The number of nitrogens with zero attached hydrogens (tertiary/aromatic N) is 5. The third-order valence-electron chi connectivity index (χ3n) is 7.47. The van der Waals surface area contributed by atoms with Crippen LogP contribution in [0.25, 0.3) is 60.8 Å². The maximum absolute atomic E-state index is 4.71. The molecule has 0 fully saturated rings. The summed E-state index contributed by atoms with van der Waals surface area (Å²) in [6, 6.07) is 39.1. The van der Waals surface area contributed by atoms with Gasteiger partial charge in [0.1, 0.15) is 11.5 Å². The van der Waals surface area contributed by atoms with E-state index >= 15 is 0 Å². The number of para-hydroxylation sites is 2. The standard InChI is InChI=1S/C34H22N5.Pt/c1-23-29(18-17-28-26-11-3-5-13-31(26)39(34(23)28)33-14-6-7-19-35-33)38-30-12-4-2-10-25(30)27-16-15-24(22-32(27)38)37-21-9-8-20-36-37;/h2-21H,1H2;/q-1;+2. The monoisotopic (exact) mass is 695 g/mol. The molecule has 6 heteroatoms. The van der Waals surface area contributed by atoms with Gasteiger partial charge >= 0.3 is 21.1 Å². The molecule has 8 aromatic rings. The number of fused-ring (bicyclic) bond motifs is 6. The van der Waals surface area contributed by atoms with Crippen LogP contribution in [0.15, 0.2) is 122 Å². The zero-order chi connectivity index (χ0) is 25.9. The SMILES string of the molecule is [CH2-]c1c(-n2c3[c-]c(-[n+]4ccccn4)ccc3c3ccccc32)ccc2c3ccccc3n(-c3ccccn3)c12.[Pt+2]. The largest absolute Gasteiger partial charge is 2.00 e. The normalized spacial score (nSPS) is 11.4. The van der Waals surface area contributed by atoms with E-state index in [-0.39, 0.29) is 21.1 Å². The second kappa shape index (κ2) is 9.48. The molecular formula is C34H22N5Pt+. The molecule has 4 heterocycles. The van der Waals surface area contributed by atoms with Crippen LogP contribution < -0.4 is 4.68 Å². The Bertz CT molecular complexity index is 2180. The minimum absolute atomic E-state index is 0. The van der Waals surface area contributed by atoms with E-state index in [0.717, 1.165) is 55.6 Å². The molecule has 0 saturated heterocycles. The van der Waals surface area contributed by atoms with Gasteiger partial charge in [0.2, 0.25) is 0 Å². The number of hydrogen-bond donors (Lipinski definition) is 0. The van der Waals surface area contributed by atoms with Crippen LogP contribution in [0.4, 0.5) is 0 Å². The molecule has 0 aliphatic rings. The van der Waals surface area contributed by atoms with Crippen LogP contribution in [-0.4, -0.2) is 19.2 Å². The van der Waals surface area contributed by atoms with Gasteiger partial charge in [0.25, 0.3) is 0 Å². The Labute approximate surface area is 245 Å². The van der Waals surface area contributed by atoms with Crippen molar-refractivity contribution in [1.82, 2.24) is 19.2 Å². The summed E-state index contributed by atoms with van der Waals surface area (Å²) in [5, 5.41) is 9.13. The van der Waals surface area contributed by atoms with Crippen molar-refractivity contribution in [3.05, 3.63) is 140 Å². The molecule has 4 aromatic carbocycles. The fourth-order valence-electron chi connectivity index (χ4n) is 5.79. The van der Waals surface area contributed by atoms with E-state index in [2.05, 4.69) is 100 Å². The average molecular weight is 696 g/mol. The van der Waals surface area contributed by atoms with E-state index in [0.29, 0.717) is 0 Å². The van der Waals surface area contributed by atoms with Gasteiger partial charge in [-0.25, -0.2) is 4.98 Å². The summed E-state index contributed by atoms with van der Waals surface area (Å²) in [5.41, 5.74) is 7.06. The zero-order valence-corrected chi connectivity index (χ0v) is 23.6. The van der Waals surface area contributed by atoms with Crippen LogP contribution in [0.5, 0.6) is 0 Å². The van der Waals surface area contributed by atoms with Crippen LogP contribution >= 0.6 is 0 Å². The number of rotatable bonds is 3. The Kier molecular flexibility index (Phi) is 5.76. The van der Waals surface area contributed by atoms with Gasteiger partial charge in [-0.05, 0) is 57.1 Å². The van der Waals surface area contributed by atoms with Crippen molar-refractivity contribution >= 4 is 43.6 Å².